The molecule has 8 N–H and O–H groups in total. The zero-order chi connectivity index (χ0) is 29.8. The van der Waals surface area contributed by atoms with E-state index >= 15 is 0 Å². The molecule has 3 rings (SSSR count). The van der Waals surface area contributed by atoms with Crippen molar-refractivity contribution in [3.63, 3.8) is 0 Å². The molecule has 0 aliphatic rings. The molecule has 41 heavy (non-hydrogen) atoms. The SMILES string of the molecule is CCNC(O)Oc1ncnc(Cc2ccc(Cc3nc(NCC(O)CO)nc(NC(CC(=O)O)C(=O)O)n3)cc2)n1. The van der Waals surface area contributed by atoms with Gasteiger partial charge in [0, 0.05) is 19.4 Å². The van der Waals surface area contributed by atoms with E-state index in [1.807, 2.05) is 31.2 Å². The predicted octanol–water partition coefficient (Wildman–Crippen LogP) is -1.39. The van der Waals surface area contributed by atoms with Crippen LogP contribution in [0.15, 0.2) is 30.6 Å². The molecule has 0 bridgehead atoms. The number of hydrogen-bond acceptors (Lipinski definition) is 15. The van der Waals surface area contributed by atoms with Gasteiger partial charge in [-0.1, -0.05) is 31.2 Å². The molecule has 220 valence electrons. The first-order chi connectivity index (χ1) is 19.6. The molecule has 3 aromatic rings. The van der Waals surface area contributed by atoms with Crippen LogP contribution >= 0.6 is 0 Å². The van der Waals surface area contributed by atoms with Gasteiger partial charge in [0.1, 0.15) is 24.0 Å². The van der Waals surface area contributed by atoms with Gasteiger partial charge in [0.25, 0.3) is 6.41 Å². The van der Waals surface area contributed by atoms with Crippen molar-refractivity contribution in [1.82, 2.24) is 35.2 Å². The summed E-state index contributed by atoms with van der Waals surface area (Å²) in [6.45, 7) is 1.71. The van der Waals surface area contributed by atoms with Crippen LogP contribution in [0.1, 0.15) is 36.1 Å². The quantitative estimate of drug-likeness (QED) is 0.0864. The number of anilines is 2. The van der Waals surface area contributed by atoms with Crippen LogP contribution in [-0.4, -0.2) is 106 Å². The molecule has 3 atom stereocenters. The van der Waals surface area contributed by atoms with E-state index in [0.717, 1.165) is 11.1 Å². The molecule has 0 radical (unpaired) electrons. The fraction of sp³-hybridized carbons (Fsp3) is 0.417. The molecule has 0 aliphatic carbocycles. The van der Waals surface area contributed by atoms with E-state index in [-0.39, 0.29) is 36.7 Å². The Hall–Kier alpha value is -4.58. The fourth-order valence-corrected chi connectivity index (χ4v) is 3.36. The second-order valence-electron chi connectivity index (χ2n) is 8.63. The minimum absolute atomic E-state index is 0.00630. The van der Waals surface area contributed by atoms with E-state index in [0.29, 0.717) is 18.8 Å². The van der Waals surface area contributed by atoms with Crippen molar-refractivity contribution in [2.24, 2.45) is 0 Å². The van der Waals surface area contributed by atoms with E-state index in [4.69, 9.17) is 14.9 Å². The van der Waals surface area contributed by atoms with Gasteiger partial charge < -0.3 is 40.9 Å². The van der Waals surface area contributed by atoms with Crippen molar-refractivity contribution in [2.45, 2.75) is 44.7 Å². The maximum absolute atomic E-state index is 11.5. The number of carboxylic acid groups (broad SMARTS) is 2. The molecule has 17 heteroatoms. The van der Waals surface area contributed by atoms with Gasteiger partial charge in [0.15, 0.2) is 0 Å². The summed E-state index contributed by atoms with van der Waals surface area (Å²) in [5.74, 6) is -2.25. The number of carboxylic acids is 2. The molecule has 17 nitrogen and oxygen atoms in total. The highest BCUT2D eigenvalue weighted by atomic mass is 16.6. The van der Waals surface area contributed by atoms with E-state index in [9.17, 15) is 24.9 Å². The number of carbonyl (C=O) groups is 2. The van der Waals surface area contributed by atoms with Gasteiger partial charge in [-0.15, -0.1) is 0 Å². The standard InChI is InChI=1S/C24H31N9O8/c1-2-25-24(40)41-23-28-12-27-17(32-23)7-13-3-5-14(6-4-13)8-18-30-21(26-10-15(35)11-34)33-22(31-18)29-16(20(38)39)9-19(36)37/h3-6,12,15-16,24-25,34-35,40H,2,7-11H2,1H3,(H,36,37)(H,38,39)(H2,26,29,30,31,33). The minimum atomic E-state index is -1.49. The van der Waals surface area contributed by atoms with Crippen LogP contribution in [0.2, 0.25) is 0 Å². The maximum atomic E-state index is 11.5. The number of aliphatic carboxylic acids is 2. The first-order valence-corrected chi connectivity index (χ1v) is 12.5. The minimum Gasteiger partial charge on any atom is -0.481 e. The van der Waals surface area contributed by atoms with Crippen LogP contribution in [0.5, 0.6) is 6.01 Å². The van der Waals surface area contributed by atoms with Crippen molar-refractivity contribution in [3.8, 4) is 6.01 Å². The Morgan fingerprint density at radius 1 is 0.927 bits per heavy atom. The molecular weight excluding hydrogens is 542 g/mol. The summed E-state index contributed by atoms with van der Waals surface area (Å²) in [5.41, 5.74) is 1.66. The number of aliphatic hydroxyl groups is 3. The molecule has 3 unspecified atom stereocenters. The smallest absolute Gasteiger partial charge is 0.326 e. The maximum Gasteiger partial charge on any atom is 0.326 e. The average molecular weight is 574 g/mol. The topological polar surface area (TPSA) is 258 Å². The van der Waals surface area contributed by atoms with Gasteiger partial charge in [0.05, 0.1) is 19.1 Å². The Morgan fingerprint density at radius 2 is 1.59 bits per heavy atom. The van der Waals surface area contributed by atoms with E-state index in [1.54, 1.807) is 0 Å². The summed E-state index contributed by atoms with van der Waals surface area (Å²) in [7, 11) is 0. The highest BCUT2D eigenvalue weighted by molar-refractivity contribution is 5.82. The van der Waals surface area contributed by atoms with Crippen molar-refractivity contribution in [2.75, 3.05) is 30.3 Å². The van der Waals surface area contributed by atoms with E-state index in [1.165, 1.54) is 6.33 Å². The Kier molecular flexibility index (Phi) is 11.5. The number of hydrogen-bond donors (Lipinski definition) is 8. The van der Waals surface area contributed by atoms with Crippen LogP contribution in [0.4, 0.5) is 11.9 Å². The van der Waals surface area contributed by atoms with Crippen LogP contribution in [0.3, 0.4) is 0 Å². The number of nitrogens with zero attached hydrogens (tertiary/aromatic N) is 6. The van der Waals surface area contributed by atoms with Gasteiger partial charge in [-0.25, -0.2) is 9.78 Å². The van der Waals surface area contributed by atoms with Crippen molar-refractivity contribution in [3.05, 3.63) is 53.4 Å². The first-order valence-electron chi connectivity index (χ1n) is 12.5. The molecule has 2 aromatic heterocycles. The van der Waals surface area contributed by atoms with Gasteiger partial charge >= 0.3 is 17.9 Å². The number of aliphatic hydroxyl groups excluding tert-OH is 3. The average Bonchev–Trinajstić information content (AvgIpc) is 2.92. The van der Waals surface area contributed by atoms with Gasteiger partial charge in [-0.2, -0.15) is 24.9 Å². The van der Waals surface area contributed by atoms with E-state index < -0.39 is 43.5 Å². The fourth-order valence-electron chi connectivity index (χ4n) is 3.36. The molecule has 0 aliphatic heterocycles. The molecule has 0 amide bonds. The van der Waals surface area contributed by atoms with Crippen molar-refractivity contribution in [1.29, 1.82) is 0 Å². The largest absolute Gasteiger partial charge is 0.481 e. The number of aromatic nitrogens is 6. The Bertz CT molecular complexity index is 1300. The Balaban J connectivity index is 1.74. The molecule has 0 spiro atoms. The highest BCUT2D eigenvalue weighted by Gasteiger charge is 2.23. The van der Waals surface area contributed by atoms with Crippen molar-refractivity contribution < 1.29 is 39.9 Å². The van der Waals surface area contributed by atoms with Crippen LogP contribution < -0.4 is 20.7 Å². The molecule has 0 saturated carbocycles. The number of benzene rings is 1. The highest BCUT2D eigenvalue weighted by Crippen LogP contribution is 2.15. The molecule has 2 heterocycles. The lowest BCUT2D eigenvalue weighted by Gasteiger charge is -2.15. The second kappa shape index (κ2) is 15.3. The third-order valence-corrected chi connectivity index (χ3v) is 5.31. The number of nitrogens with one attached hydrogen (secondary N) is 3. The van der Waals surface area contributed by atoms with Gasteiger partial charge in [-0.05, 0) is 17.7 Å². The summed E-state index contributed by atoms with van der Waals surface area (Å²) >= 11 is 0. The van der Waals surface area contributed by atoms with E-state index in [2.05, 4.69) is 45.9 Å². The zero-order valence-electron chi connectivity index (χ0n) is 22.0. The molecule has 1 aromatic carbocycles. The van der Waals surface area contributed by atoms with Crippen LogP contribution in [-0.2, 0) is 22.4 Å². The molecular formula is C24H31N9O8. The van der Waals surface area contributed by atoms with Crippen molar-refractivity contribution >= 4 is 23.8 Å². The zero-order valence-corrected chi connectivity index (χ0v) is 22.0. The predicted molar refractivity (Wildman–Crippen MR) is 141 cm³/mol. The Labute approximate surface area is 233 Å². The van der Waals surface area contributed by atoms with Crippen LogP contribution in [0.25, 0.3) is 0 Å². The normalized spacial score (nSPS) is 13.2. The summed E-state index contributed by atoms with van der Waals surface area (Å²) < 4.78 is 5.20. The summed E-state index contributed by atoms with van der Waals surface area (Å²) in [4.78, 5) is 47.4. The van der Waals surface area contributed by atoms with Crippen LogP contribution in [0, 0.1) is 0 Å². The molecule has 0 fully saturated rings. The lowest BCUT2D eigenvalue weighted by atomic mass is 10.1. The summed E-state index contributed by atoms with van der Waals surface area (Å²) in [5, 5.41) is 54.7. The third-order valence-electron chi connectivity index (χ3n) is 5.31. The third kappa shape index (κ3) is 10.5. The van der Waals surface area contributed by atoms with Gasteiger partial charge in [0.2, 0.25) is 11.9 Å². The van der Waals surface area contributed by atoms with Gasteiger partial charge in [-0.3, -0.25) is 10.1 Å². The monoisotopic (exact) mass is 573 g/mol. The summed E-state index contributed by atoms with van der Waals surface area (Å²) in [6, 6.07) is 5.82. The number of rotatable bonds is 17. The second-order valence-corrected chi connectivity index (χ2v) is 8.63. The number of ether oxygens (including phenoxy) is 1. The summed E-state index contributed by atoms with van der Waals surface area (Å²) in [6.07, 6.45) is -1.20. The lowest BCUT2D eigenvalue weighted by molar-refractivity contribution is -0.144. The Morgan fingerprint density at radius 3 is 2.20 bits per heavy atom. The first kappa shape index (κ1) is 31.0. The lowest BCUT2D eigenvalue weighted by Crippen LogP contribution is -2.34. The molecule has 0 saturated heterocycles.